The molecule has 0 aliphatic heterocycles. The number of hydrogen-bond acceptors (Lipinski definition) is 4. The monoisotopic (exact) mass is 334 g/mol. The molecule has 18 heavy (non-hydrogen) atoms. The van der Waals surface area contributed by atoms with Gasteiger partial charge in [-0.05, 0) is 28.4 Å². The van der Waals surface area contributed by atoms with E-state index in [0.29, 0.717) is 5.56 Å². The standard InChI is InChI=1S/C10H11BrN2O4S/c11-7-3-5(4-18-7)9(15)13-6(10(16)17)1-2-8(12)14/h3-4,6H,1-2H2,(H2,12,14)(H,13,15)(H,16,17). The summed E-state index contributed by atoms with van der Waals surface area (Å²) >= 11 is 4.53. The Kier molecular flexibility index (Phi) is 5.29. The normalized spacial score (nSPS) is 11.8. The van der Waals surface area contributed by atoms with Gasteiger partial charge < -0.3 is 16.2 Å². The fraction of sp³-hybridized carbons (Fsp3) is 0.300. The van der Waals surface area contributed by atoms with E-state index in [4.69, 9.17) is 10.8 Å². The molecule has 0 aromatic carbocycles. The molecule has 0 radical (unpaired) electrons. The number of primary amides is 1. The first kappa shape index (κ1) is 14.7. The highest BCUT2D eigenvalue weighted by Crippen LogP contribution is 2.20. The molecule has 0 fully saturated rings. The lowest BCUT2D eigenvalue weighted by Crippen LogP contribution is -2.41. The van der Waals surface area contributed by atoms with E-state index in [0.717, 1.165) is 3.79 Å². The van der Waals surface area contributed by atoms with Crippen LogP contribution in [0, 0.1) is 0 Å². The maximum Gasteiger partial charge on any atom is 0.326 e. The van der Waals surface area contributed by atoms with Crippen LogP contribution in [0.2, 0.25) is 0 Å². The minimum absolute atomic E-state index is 0.0261. The van der Waals surface area contributed by atoms with Crippen molar-refractivity contribution in [3.63, 3.8) is 0 Å². The smallest absolute Gasteiger partial charge is 0.326 e. The molecule has 0 bridgehead atoms. The Balaban J connectivity index is 2.63. The second-order valence-electron chi connectivity index (χ2n) is 3.51. The Bertz CT molecular complexity index is 474. The SMILES string of the molecule is NC(=O)CCC(NC(=O)c1csc(Br)c1)C(=O)O. The summed E-state index contributed by atoms with van der Waals surface area (Å²) in [4.78, 5) is 33.2. The predicted octanol–water partition coefficient (Wildman–Crippen LogP) is 0.959. The van der Waals surface area contributed by atoms with Crippen LogP contribution in [0.3, 0.4) is 0 Å². The van der Waals surface area contributed by atoms with Crippen molar-refractivity contribution in [2.24, 2.45) is 5.73 Å². The van der Waals surface area contributed by atoms with Crippen molar-refractivity contribution >= 4 is 45.1 Å². The summed E-state index contributed by atoms with van der Waals surface area (Å²) in [6.07, 6.45) is -0.119. The van der Waals surface area contributed by atoms with Gasteiger partial charge in [0, 0.05) is 11.8 Å². The molecule has 6 nitrogen and oxygen atoms in total. The number of amides is 2. The molecule has 98 valence electrons. The number of halogens is 1. The Morgan fingerprint density at radius 2 is 2.17 bits per heavy atom. The first-order valence-electron chi connectivity index (χ1n) is 4.96. The van der Waals surface area contributed by atoms with E-state index in [1.165, 1.54) is 11.3 Å². The topological polar surface area (TPSA) is 109 Å². The predicted molar refractivity (Wildman–Crippen MR) is 69.3 cm³/mol. The lowest BCUT2D eigenvalue weighted by atomic mass is 10.1. The van der Waals surface area contributed by atoms with E-state index in [9.17, 15) is 14.4 Å². The molecule has 1 heterocycles. The Hall–Kier alpha value is -1.41. The average molecular weight is 335 g/mol. The van der Waals surface area contributed by atoms with Crippen LogP contribution in [0.5, 0.6) is 0 Å². The third-order valence-electron chi connectivity index (χ3n) is 2.11. The molecular weight excluding hydrogens is 324 g/mol. The van der Waals surface area contributed by atoms with Gasteiger partial charge in [0.05, 0.1) is 9.35 Å². The minimum Gasteiger partial charge on any atom is -0.480 e. The third-order valence-corrected chi connectivity index (χ3v) is 3.62. The summed E-state index contributed by atoms with van der Waals surface area (Å²) < 4.78 is 0.775. The van der Waals surface area contributed by atoms with Gasteiger partial charge in [0.1, 0.15) is 6.04 Å². The molecule has 1 rings (SSSR count). The van der Waals surface area contributed by atoms with Crippen molar-refractivity contribution < 1.29 is 19.5 Å². The zero-order chi connectivity index (χ0) is 13.7. The van der Waals surface area contributed by atoms with Crippen molar-refractivity contribution in [3.8, 4) is 0 Å². The van der Waals surface area contributed by atoms with Crippen LogP contribution in [0.1, 0.15) is 23.2 Å². The van der Waals surface area contributed by atoms with Crippen LogP contribution in [-0.2, 0) is 9.59 Å². The lowest BCUT2D eigenvalue weighted by Gasteiger charge is -2.12. The van der Waals surface area contributed by atoms with Crippen molar-refractivity contribution in [1.82, 2.24) is 5.32 Å². The van der Waals surface area contributed by atoms with Gasteiger partial charge in [-0.15, -0.1) is 11.3 Å². The van der Waals surface area contributed by atoms with Crippen LogP contribution in [0.25, 0.3) is 0 Å². The van der Waals surface area contributed by atoms with E-state index in [-0.39, 0.29) is 12.8 Å². The molecule has 1 aromatic heterocycles. The molecular formula is C10H11BrN2O4S. The van der Waals surface area contributed by atoms with Gasteiger partial charge in [0.2, 0.25) is 5.91 Å². The number of thiophene rings is 1. The molecule has 1 unspecified atom stereocenters. The average Bonchev–Trinajstić information content (AvgIpc) is 2.70. The molecule has 0 saturated carbocycles. The van der Waals surface area contributed by atoms with Gasteiger partial charge in [0.15, 0.2) is 0 Å². The molecule has 4 N–H and O–H groups in total. The number of nitrogens with one attached hydrogen (secondary N) is 1. The van der Waals surface area contributed by atoms with E-state index >= 15 is 0 Å². The summed E-state index contributed by atoms with van der Waals surface area (Å²) in [5.74, 6) is -2.29. The number of hydrogen-bond donors (Lipinski definition) is 3. The summed E-state index contributed by atoms with van der Waals surface area (Å²) in [6, 6.07) is 0.469. The number of carbonyl (C=O) groups excluding carboxylic acids is 2. The molecule has 0 aliphatic carbocycles. The third kappa shape index (κ3) is 4.46. The summed E-state index contributed by atoms with van der Waals surface area (Å²) in [5.41, 5.74) is 5.31. The molecule has 1 atom stereocenters. The minimum atomic E-state index is -1.20. The second-order valence-corrected chi connectivity index (χ2v) is 5.80. The quantitative estimate of drug-likeness (QED) is 0.719. The molecule has 0 saturated heterocycles. The molecule has 0 spiro atoms. The Morgan fingerprint density at radius 1 is 1.50 bits per heavy atom. The number of nitrogens with two attached hydrogens (primary N) is 1. The largest absolute Gasteiger partial charge is 0.480 e. The van der Waals surface area contributed by atoms with Crippen LogP contribution in [-0.4, -0.2) is 28.9 Å². The zero-order valence-electron chi connectivity index (χ0n) is 9.18. The van der Waals surface area contributed by atoms with Gasteiger partial charge in [-0.1, -0.05) is 0 Å². The maximum atomic E-state index is 11.7. The Labute approximate surface area is 115 Å². The van der Waals surface area contributed by atoms with E-state index in [1.54, 1.807) is 11.4 Å². The molecule has 2 amide bonds. The van der Waals surface area contributed by atoms with Crippen molar-refractivity contribution in [2.45, 2.75) is 18.9 Å². The Morgan fingerprint density at radius 3 is 2.61 bits per heavy atom. The molecule has 1 aromatic rings. The zero-order valence-corrected chi connectivity index (χ0v) is 11.6. The highest BCUT2D eigenvalue weighted by atomic mass is 79.9. The number of carboxylic acids is 1. The maximum absolute atomic E-state index is 11.7. The lowest BCUT2D eigenvalue weighted by molar-refractivity contribution is -0.139. The van der Waals surface area contributed by atoms with Crippen molar-refractivity contribution in [1.29, 1.82) is 0 Å². The van der Waals surface area contributed by atoms with Gasteiger partial charge in [-0.3, -0.25) is 9.59 Å². The highest BCUT2D eigenvalue weighted by Gasteiger charge is 2.21. The van der Waals surface area contributed by atoms with Gasteiger partial charge in [-0.25, -0.2) is 4.79 Å². The van der Waals surface area contributed by atoms with Gasteiger partial charge >= 0.3 is 5.97 Å². The van der Waals surface area contributed by atoms with E-state index < -0.39 is 23.8 Å². The second kappa shape index (κ2) is 6.50. The summed E-state index contributed by atoms with van der Waals surface area (Å²) in [5, 5.41) is 12.9. The van der Waals surface area contributed by atoms with Gasteiger partial charge in [-0.2, -0.15) is 0 Å². The summed E-state index contributed by atoms with van der Waals surface area (Å²) in [6.45, 7) is 0. The first-order valence-corrected chi connectivity index (χ1v) is 6.63. The molecule has 0 aliphatic rings. The van der Waals surface area contributed by atoms with Crippen molar-refractivity contribution in [2.75, 3.05) is 0 Å². The fourth-order valence-electron chi connectivity index (χ4n) is 1.21. The highest BCUT2D eigenvalue weighted by molar-refractivity contribution is 9.11. The number of rotatable bonds is 6. The van der Waals surface area contributed by atoms with Crippen LogP contribution < -0.4 is 11.1 Å². The number of carbonyl (C=O) groups is 3. The van der Waals surface area contributed by atoms with Crippen LogP contribution >= 0.6 is 27.3 Å². The van der Waals surface area contributed by atoms with Crippen LogP contribution in [0.4, 0.5) is 0 Å². The van der Waals surface area contributed by atoms with Crippen LogP contribution in [0.15, 0.2) is 15.2 Å². The first-order chi connectivity index (χ1) is 8.40. The van der Waals surface area contributed by atoms with Crippen molar-refractivity contribution in [3.05, 3.63) is 20.8 Å². The molecule has 8 heteroatoms. The number of aliphatic carboxylic acids is 1. The summed E-state index contributed by atoms with van der Waals surface area (Å²) in [7, 11) is 0. The van der Waals surface area contributed by atoms with Gasteiger partial charge in [0.25, 0.3) is 5.91 Å². The fourth-order valence-corrected chi connectivity index (χ4v) is 2.35. The van der Waals surface area contributed by atoms with E-state index in [1.807, 2.05) is 0 Å². The van der Waals surface area contributed by atoms with E-state index in [2.05, 4.69) is 21.2 Å². The number of carboxylic acid groups (broad SMARTS) is 1.